The number of hydrogen-bond donors (Lipinski definition) is 2. The van der Waals surface area contributed by atoms with Crippen LogP contribution in [-0.2, 0) is 13.1 Å². The molecule has 0 saturated carbocycles. The van der Waals surface area contributed by atoms with Crippen molar-refractivity contribution in [3.05, 3.63) is 70.8 Å². The predicted octanol–water partition coefficient (Wildman–Crippen LogP) is 2.77. The van der Waals surface area contributed by atoms with E-state index in [4.69, 9.17) is 11.5 Å². The van der Waals surface area contributed by atoms with Gasteiger partial charge in [-0.1, -0.05) is 60.7 Å². The Bertz CT molecular complexity index is 460. The molecule has 0 spiro atoms. The minimum absolute atomic E-state index is 0.588. The fraction of sp³-hybridized carbons (Fsp3) is 0.125. The molecule has 0 aliphatic carbocycles. The van der Waals surface area contributed by atoms with Crippen LogP contribution in [0.5, 0.6) is 0 Å². The second kappa shape index (κ2) is 6.15. The summed E-state index contributed by atoms with van der Waals surface area (Å²) in [4.78, 5) is 0. The summed E-state index contributed by atoms with van der Waals surface area (Å²) in [7, 11) is 0. The zero-order valence-corrected chi connectivity index (χ0v) is 10.3. The van der Waals surface area contributed by atoms with Crippen molar-refractivity contribution in [2.45, 2.75) is 13.1 Å². The summed E-state index contributed by atoms with van der Waals surface area (Å²) in [6.45, 7) is 1.18. The normalized spacial score (nSPS) is 11.0. The first kappa shape index (κ1) is 12.6. The standard InChI is InChI=1S/C16H18N2/c17-11-15-7-3-13(4-8-15)1-2-14-5-9-16(12-18)10-6-14/h1-10H,11-12,17-18H2/b2-1-. The summed E-state index contributed by atoms with van der Waals surface area (Å²) in [5.74, 6) is 0. The zero-order valence-electron chi connectivity index (χ0n) is 10.3. The van der Waals surface area contributed by atoms with Crippen LogP contribution >= 0.6 is 0 Å². The molecule has 0 aromatic heterocycles. The molecule has 0 atom stereocenters. The first-order valence-electron chi connectivity index (χ1n) is 6.08. The number of nitrogens with two attached hydrogens (primary N) is 2. The monoisotopic (exact) mass is 238 g/mol. The molecule has 0 saturated heterocycles. The number of rotatable bonds is 4. The molecular formula is C16H18N2. The van der Waals surface area contributed by atoms with Gasteiger partial charge in [-0.2, -0.15) is 0 Å². The van der Waals surface area contributed by atoms with Gasteiger partial charge in [-0.3, -0.25) is 0 Å². The highest BCUT2D eigenvalue weighted by Crippen LogP contribution is 2.10. The third-order valence-corrected chi connectivity index (χ3v) is 2.90. The van der Waals surface area contributed by atoms with Gasteiger partial charge in [0, 0.05) is 13.1 Å². The fourth-order valence-electron chi connectivity index (χ4n) is 1.72. The van der Waals surface area contributed by atoms with Crippen molar-refractivity contribution in [2.75, 3.05) is 0 Å². The van der Waals surface area contributed by atoms with E-state index in [0.29, 0.717) is 13.1 Å². The Hall–Kier alpha value is -1.90. The topological polar surface area (TPSA) is 52.0 Å². The molecule has 0 radical (unpaired) electrons. The van der Waals surface area contributed by atoms with Gasteiger partial charge in [0.15, 0.2) is 0 Å². The van der Waals surface area contributed by atoms with Crippen LogP contribution in [0.3, 0.4) is 0 Å². The van der Waals surface area contributed by atoms with Gasteiger partial charge >= 0.3 is 0 Å². The lowest BCUT2D eigenvalue weighted by atomic mass is 10.1. The summed E-state index contributed by atoms with van der Waals surface area (Å²) in [5.41, 5.74) is 15.8. The Kier molecular flexibility index (Phi) is 4.29. The van der Waals surface area contributed by atoms with Crippen LogP contribution in [0.1, 0.15) is 22.3 Å². The molecule has 2 rings (SSSR count). The number of benzene rings is 2. The zero-order chi connectivity index (χ0) is 12.8. The van der Waals surface area contributed by atoms with E-state index < -0.39 is 0 Å². The Morgan fingerprint density at radius 2 is 0.944 bits per heavy atom. The quantitative estimate of drug-likeness (QED) is 0.805. The molecule has 0 fully saturated rings. The van der Waals surface area contributed by atoms with Gasteiger partial charge in [0.05, 0.1) is 0 Å². The lowest BCUT2D eigenvalue weighted by Crippen LogP contribution is -1.95. The lowest BCUT2D eigenvalue weighted by molar-refractivity contribution is 1.07. The van der Waals surface area contributed by atoms with Crippen LogP contribution in [0.15, 0.2) is 48.5 Å². The maximum Gasteiger partial charge on any atom is 0.0178 e. The third-order valence-electron chi connectivity index (χ3n) is 2.90. The summed E-state index contributed by atoms with van der Waals surface area (Å²) >= 11 is 0. The minimum atomic E-state index is 0.588. The van der Waals surface area contributed by atoms with Gasteiger partial charge in [-0.15, -0.1) is 0 Å². The van der Waals surface area contributed by atoms with E-state index in [9.17, 15) is 0 Å². The van der Waals surface area contributed by atoms with Gasteiger partial charge in [-0.05, 0) is 22.3 Å². The van der Waals surface area contributed by atoms with Crippen LogP contribution in [0.25, 0.3) is 12.2 Å². The lowest BCUT2D eigenvalue weighted by Gasteiger charge is -1.99. The van der Waals surface area contributed by atoms with Crippen LogP contribution in [0.2, 0.25) is 0 Å². The maximum atomic E-state index is 5.56. The van der Waals surface area contributed by atoms with Crippen molar-refractivity contribution in [3.63, 3.8) is 0 Å². The van der Waals surface area contributed by atoms with Crippen molar-refractivity contribution >= 4 is 12.2 Å². The van der Waals surface area contributed by atoms with Crippen LogP contribution in [0.4, 0.5) is 0 Å². The molecule has 0 amide bonds. The van der Waals surface area contributed by atoms with Crippen LogP contribution in [0, 0.1) is 0 Å². The van der Waals surface area contributed by atoms with Gasteiger partial charge in [0.1, 0.15) is 0 Å². The van der Waals surface area contributed by atoms with E-state index >= 15 is 0 Å². The molecule has 0 aliphatic rings. The predicted molar refractivity (Wildman–Crippen MR) is 77.6 cm³/mol. The van der Waals surface area contributed by atoms with E-state index in [-0.39, 0.29) is 0 Å². The summed E-state index contributed by atoms with van der Waals surface area (Å²) in [6, 6.07) is 16.5. The van der Waals surface area contributed by atoms with Gasteiger partial charge < -0.3 is 11.5 Å². The van der Waals surface area contributed by atoms with Crippen LogP contribution < -0.4 is 11.5 Å². The van der Waals surface area contributed by atoms with Gasteiger partial charge in [0.25, 0.3) is 0 Å². The Balaban J connectivity index is 2.08. The van der Waals surface area contributed by atoms with E-state index in [1.165, 1.54) is 11.1 Å². The summed E-state index contributed by atoms with van der Waals surface area (Å²) in [6.07, 6.45) is 4.19. The minimum Gasteiger partial charge on any atom is -0.326 e. The Labute approximate surface area is 108 Å². The molecule has 4 N–H and O–H groups in total. The Morgan fingerprint density at radius 3 is 1.22 bits per heavy atom. The van der Waals surface area contributed by atoms with Crippen molar-refractivity contribution in [1.82, 2.24) is 0 Å². The molecule has 2 aromatic rings. The molecule has 2 aromatic carbocycles. The molecular weight excluding hydrogens is 220 g/mol. The molecule has 92 valence electrons. The third kappa shape index (κ3) is 3.29. The fourth-order valence-corrected chi connectivity index (χ4v) is 1.72. The van der Waals surface area contributed by atoms with Crippen molar-refractivity contribution in [1.29, 1.82) is 0 Å². The second-order valence-corrected chi connectivity index (χ2v) is 4.22. The van der Waals surface area contributed by atoms with E-state index in [1.54, 1.807) is 0 Å². The van der Waals surface area contributed by atoms with E-state index in [0.717, 1.165) is 11.1 Å². The molecule has 0 aliphatic heterocycles. The first-order valence-corrected chi connectivity index (χ1v) is 6.08. The maximum absolute atomic E-state index is 5.56. The summed E-state index contributed by atoms with van der Waals surface area (Å²) < 4.78 is 0. The summed E-state index contributed by atoms with van der Waals surface area (Å²) in [5, 5.41) is 0. The van der Waals surface area contributed by atoms with Crippen LogP contribution in [-0.4, -0.2) is 0 Å². The average Bonchev–Trinajstić information content (AvgIpc) is 2.46. The van der Waals surface area contributed by atoms with E-state index in [2.05, 4.69) is 60.7 Å². The van der Waals surface area contributed by atoms with Crippen molar-refractivity contribution in [2.24, 2.45) is 11.5 Å². The first-order chi connectivity index (χ1) is 8.81. The highest BCUT2D eigenvalue weighted by atomic mass is 14.5. The SMILES string of the molecule is NCc1ccc(/C=C\c2ccc(CN)cc2)cc1. The smallest absolute Gasteiger partial charge is 0.0178 e. The molecule has 0 unspecified atom stereocenters. The molecule has 18 heavy (non-hydrogen) atoms. The number of hydrogen-bond acceptors (Lipinski definition) is 2. The largest absolute Gasteiger partial charge is 0.326 e. The van der Waals surface area contributed by atoms with Crippen molar-refractivity contribution < 1.29 is 0 Å². The second-order valence-electron chi connectivity index (χ2n) is 4.22. The highest BCUT2D eigenvalue weighted by Gasteiger charge is 1.91. The van der Waals surface area contributed by atoms with Gasteiger partial charge in [0.2, 0.25) is 0 Å². The molecule has 2 heteroatoms. The van der Waals surface area contributed by atoms with Crippen molar-refractivity contribution in [3.8, 4) is 0 Å². The molecule has 2 nitrogen and oxygen atoms in total. The van der Waals surface area contributed by atoms with E-state index in [1.807, 2.05) is 0 Å². The highest BCUT2D eigenvalue weighted by molar-refractivity contribution is 5.69. The van der Waals surface area contributed by atoms with Gasteiger partial charge in [-0.25, -0.2) is 0 Å². The average molecular weight is 238 g/mol. The molecule has 0 bridgehead atoms. The Morgan fingerprint density at radius 1 is 0.611 bits per heavy atom. The molecule has 0 heterocycles.